The number of aryl methyl sites for hydroxylation is 1. The van der Waals surface area contributed by atoms with Crippen molar-refractivity contribution in [3.05, 3.63) is 64.2 Å². The first-order chi connectivity index (χ1) is 15.0. The summed E-state index contributed by atoms with van der Waals surface area (Å²) >= 11 is 0. The summed E-state index contributed by atoms with van der Waals surface area (Å²) < 4.78 is 0. The zero-order chi connectivity index (χ0) is 22.1. The van der Waals surface area contributed by atoms with Crippen LogP contribution in [-0.4, -0.2) is 61.5 Å². The summed E-state index contributed by atoms with van der Waals surface area (Å²) in [5, 5.41) is 16.9. The molecule has 8 nitrogen and oxygen atoms in total. The zero-order valence-electron chi connectivity index (χ0n) is 18.0. The van der Waals surface area contributed by atoms with Gasteiger partial charge in [0.2, 0.25) is 5.91 Å². The van der Waals surface area contributed by atoms with Crippen LogP contribution in [0.25, 0.3) is 0 Å². The molecule has 8 heteroatoms. The van der Waals surface area contributed by atoms with Gasteiger partial charge in [-0.15, -0.1) is 0 Å². The highest BCUT2D eigenvalue weighted by atomic mass is 16.6. The van der Waals surface area contributed by atoms with Crippen LogP contribution in [0.15, 0.2) is 48.5 Å². The summed E-state index contributed by atoms with van der Waals surface area (Å²) in [7, 11) is 0. The lowest BCUT2D eigenvalue weighted by atomic mass is 10.2. The summed E-state index contributed by atoms with van der Waals surface area (Å²) in [6.07, 6.45) is 1.19. The Hall–Kier alpha value is -3.13. The van der Waals surface area contributed by atoms with Crippen LogP contribution in [0.3, 0.4) is 0 Å². The van der Waals surface area contributed by atoms with E-state index in [0.717, 1.165) is 39.1 Å². The van der Waals surface area contributed by atoms with Gasteiger partial charge in [0.15, 0.2) is 0 Å². The lowest BCUT2D eigenvalue weighted by molar-refractivity contribution is -0.384. The molecule has 0 atom stereocenters. The van der Waals surface area contributed by atoms with E-state index in [-0.39, 0.29) is 18.0 Å². The van der Waals surface area contributed by atoms with E-state index in [1.54, 1.807) is 18.2 Å². The zero-order valence-corrected chi connectivity index (χ0v) is 18.0. The molecule has 2 N–H and O–H groups in total. The van der Waals surface area contributed by atoms with E-state index in [9.17, 15) is 14.9 Å². The fourth-order valence-corrected chi connectivity index (χ4v) is 3.77. The number of benzene rings is 2. The Morgan fingerprint density at radius 2 is 1.84 bits per heavy atom. The highest BCUT2D eigenvalue weighted by molar-refractivity contribution is 5.76. The van der Waals surface area contributed by atoms with Crippen molar-refractivity contribution in [1.29, 1.82) is 0 Å². The van der Waals surface area contributed by atoms with Crippen LogP contribution in [0.4, 0.5) is 17.1 Å². The van der Waals surface area contributed by atoms with Gasteiger partial charge in [0.1, 0.15) is 5.69 Å². The third-order valence-electron chi connectivity index (χ3n) is 5.48. The van der Waals surface area contributed by atoms with Crippen molar-refractivity contribution in [2.45, 2.75) is 19.8 Å². The van der Waals surface area contributed by atoms with Gasteiger partial charge in [-0.2, -0.15) is 0 Å². The highest BCUT2D eigenvalue weighted by Crippen LogP contribution is 2.22. The van der Waals surface area contributed by atoms with Crippen LogP contribution in [-0.2, 0) is 4.79 Å². The third-order valence-corrected chi connectivity index (χ3v) is 5.48. The van der Waals surface area contributed by atoms with Gasteiger partial charge in [-0.3, -0.25) is 19.8 Å². The van der Waals surface area contributed by atoms with E-state index in [0.29, 0.717) is 18.8 Å². The first-order valence-electron chi connectivity index (χ1n) is 10.8. The second kappa shape index (κ2) is 11.3. The van der Waals surface area contributed by atoms with Gasteiger partial charge in [0.25, 0.3) is 5.69 Å². The maximum Gasteiger partial charge on any atom is 0.292 e. The Kier molecular flexibility index (Phi) is 8.23. The predicted octanol–water partition coefficient (Wildman–Crippen LogP) is 3.03. The number of hydrogen-bond acceptors (Lipinski definition) is 6. The molecule has 1 fully saturated rings. The smallest absolute Gasteiger partial charge is 0.292 e. The van der Waals surface area contributed by atoms with Crippen molar-refractivity contribution in [1.82, 2.24) is 10.2 Å². The molecule has 1 saturated heterocycles. The van der Waals surface area contributed by atoms with Gasteiger partial charge in [0.05, 0.1) is 4.92 Å². The van der Waals surface area contributed by atoms with E-state index in [4.69, 9.17) is 0 Å². The summed E-state index contributed by atoms with van der Waals surface area (Å²) in [5.41, 5.74) is 3.03. The Labute approximate surface area is 183 Å². The van der Waals surface area contributed by atoms with E-state index < -0.39 is 4.92 Å². The number of carbonyl (C=O) groups excluding carboxylic acids is 1. The highest BCUT2D eigenvalue weighted by Gasteiger charge is 2.17. The standard InChI is InChI=1S/C23H31N5O3/c1-19-6-4-7-20(18-19)27-16-14-26(15-17-27)13-5-11-25-23(29)10-12-24-21-8-2-3-9-22(21)28(30)31/h2-4,6-9,18,24H,5,10-17H2,1H3,(H,25,29). The van der Waals surface area contributed by atoms with Crippen LogP contribution in [0, 0.1) is 17.0 Å². The summed E-state index contributed by atoms with van der Waals surface area (Å²) in [6, 6.07) is 15.1. The SMILES string of the molecule is Cc1cccc(N2CCN(CCCNC(=O)CCNc3ccccc3[N+](=O)[O-])CC2)c1. The van der Waals surface area contributed by atoms with Crippen molar-refractivity contribution >= 4 is 23.0 Å². The monoisotopic (exact) mass is 425 g/mol. The number of nitro groups is 1. The number of nitro benzene ring substituents is 1. The van der Waals surface area contributed by atoms with Crippen LogP contribution < -0.4 is 15.5 Å². The molecule has 0 spiro atoms. The first kappa shape index (κ1) is 22.6. The van der Waals surface area contributed by atoms with Crippen molar-refractivity contribution in [3.8, 4) is 0 Å². The van der Waals surface area contributed by atoms with Crippen LogP contribution in [0.1, 0.15) is 18.4 Å². The first-order valence-corrected chi connectivity index (χ1v) is 10.8. The van der Waals surface area contributed by atoms with E-state index in [1.165, 1.54) is 17.3 Å². The number of anilines is 2. The molecule has 1 heterocycles. The fourth-order valence-electron chi connectivity index (χ4n) is 3.77. The van der Waals surface area contributed by atoms with Crippen LogP contribution in [0.2, 0.25) is 0 Å². The summed E-state index contributed by atoms with van der Waals surface area (Å²) in [4.78, 5) is 27.5. The molecule has 0 saturated carbocycles. The minimum Gasteiger partial charge on any atom is -0.379 e. The Morgan fingerprint density at radius 1 is 1.06 bits per heavy atom. The number of para-hydroxylation sites is 2. The Morgan fingerprint density at radius 3 is 2.58 bits per heavy atom. The molecule has 31 heavy (non-hydrogen) atoms. The number of rotatable bonds is 10. The van der Waals surface area contributed by atoms with Gasteiger partial charge in [-0.05, 0) is 43.7 Å². The van der Waals surface area contributed by atoms with Gasteiger partial charge in [-0.25, -0.2) is 0 Å². The number of piperazine rings is 1. The maximum atomic E-state index is 12.0. The van der Waals surface area contributed by atoms with Crippen LogP contribution >= 0.6 is 0 Å². The summed E-state index contributed by atoms with van der Waals surface area (Å²) in [5.74, 6) is -0.0460. The van der Waals surface area contributed by atoms with Gasteiger partial charge in [-0.1, -0.05) is 24.3 Å². The third kappa shape index (κ3) is 6.96. The summed E-state index contributed by atoms with van der Waals surface area (Å²) in [6.45, 7) is 8.19. The average molecular weight is 426 g/mol. The largest absolute Gasteiger partial charge is 0.379 e. The Bertz CT molecular complexity index is 881. The molecule has 0 radical (unpaired) electrons. The number of nitrogens with one attached hydrogen (secondary N) is 2. The molecular weight excluding hydrogens is 394 g/mol. The second-order valence-corrected chi connectivity index (χ2v) is 7.82. The van der Waals surface area contributed by atoms with Crippen molar-refractivity contribution < 1.29 is 9.72 Å². The van der Waals surface area contributed by atoms with E-state index in [2.05, 4.69) is 51.6 Å². The normalized spacial score (nSPS) is 14.3. The minimum atomic E-state index is -0.427. The second-order valence-electron chi connectivity index (χ2n) is 7.82. The number of nitrogens with zero attached hydrogens (tertiary/aromatic N) is 3. The van der Waals surface area contributed by atoms with Crippen molar-refractivity contribution in [2.24, 2.45) is 0 Å². The lowest BCUT2D eigenvalue weighted by Crippen LogP contribution is -2.47. The molecule has 0 unspecified atom stereocenters. The molecule has 0 bridgehead atoms. The molecule has 166 valence electrons. The number of amides is 1. The van der Waals surface area contributed by atoms with E-state index in [1.807, 2.05) is 0 Å². The molecule has 1 amide bonds. The number of carbonyl (C=O) groups is 1. The van der Waals surface area contributed by atoms with Crippen molar-refractivity contribution in [2.75, 3.05) is 56.0 Å². The van der Waals surface area contributed by atoms with Gasteiger partial charge in [0, 0.05) is 57.4 Å². The van der Waals surface area contributed by atoms with Gasteiger partial charge >= 0.3 is 0 Å². The molecule has 0 aromatic heterocycles. The minimum absolute atomic E-state index is 0.0189. The predicted molar refractivity (Wildman–Crippen MR) is 124 cm³/mol. The lowest BCUT2D eigenvalue weighted by Gasteiger charge is -2.36. The van der Waals surface area contributed by atoms with Crippen LogP contribution in [0.5, 0.6) is 0 Å². The van der Waals surface area contributed by atoms with Gasteiger partial charge < -0.3 is 15.5 Å². The molecular formula is C23H31N5O3. The Balaban J connectivity index is 1.27. The molecule has 1 aliphatic rings. The topological polar surface area (TPSA) is 90.8 Å². The van der Waals surface area contributed by atoms with Crippen molar-refractivity contribution in [3.63, 3.8) is 0 Å². The average Bonchev–Trinajstić information content (AvgIpc) is 2.77. The molecule has 3 rings (SSSR count). The number of hydrogen-bond donors (Lipinski definition) is 2. The fraction of sp³-hybridized carbons (Fsp3) is 0.435. The molecule has 2 aromatic carbocycles. The molecule has 2 aromatic rings. The molecule has 1 aliphatic heterocycles. The quantitative estimate of drug-likeness (QED) is 0.345. The molecule has 0 aliphatic carbocycles. The van der Waals surface area contributed by atoms with E-state index >= 15 is 0 Å². The maximum absolute atomic E-state index is 12.0.